The number of carbonyl (C=O) groups excluding carboxylic acids is 2. The van der Waals surface area contributed by atoms with Crippen LogP contribution in [0.25, 0.3) is 33.2 Å². The van der Waals surface area contributed by atoms with Gasteiger partial charge in [0.1, 0.15) is 11.5 Å². The van der Waals surface area contributed by atoms with Gasteiger partial charge in [0.15, 0.2) is 10.3 Å². The minimum atomic E-state index is -0.118. The highest BCUT2D eigenvalue weighted by Crippen LogP contribution is 2.31. The summed E-state index contributed by atoms with van der Waals surface area (Å²) >= 11 is 2.70. The summed E-state index contributed by atoms with van der Waals surface area (Å²) in [6, 6.07) is 23.2. The van der Waals surface area contributed by atoms with Gasteiger partial charge in [-0.3, -0.25) is 9.59 Å². The van der Waals surface area contributed by atoms with E-state index in [1.165, 1.54) is 23.5 Å². The van der Waals surface area contributed by atoms with Crippen LogP contribution in [0.5, 0.6) is 11.5 Å². The fourth-order valence-corrected chi connectivity index (χ4v) is 6.70. The van der Waals surface area contributed by atoms with Gasteiger partial charge < -0.3 is 30.1 Å². The molecule has 2 amide bonds. The summed E-state index contributed by atoms with van der Waals surface area (Å²) in [6.45, 7) is 9.12. The molecule has 0 unspecified atom stereocenters. The average molecular weight is 681 g/mol. The maximum Gasteiger partial charge on any atom is 0.234 e. The summed E-state index contributed by atoms with van der Waals surface area (Å²) in [7, 11) is 0. The molecule has 2 aromatic heterocycles. The van der Waals surface area contributed by atoms with Crippen LogP contribution < -0.4 is 20.1 Å². The summed E-state index contributed by atoms with van der Waals surface area (Å²) in [5.41, 5.74) is 9.02. The number of ether oxygens (including phenoxy) is 2. The van der Waals surface area contributed by atoms with Crippen LogP contribution in [-0.4, -0.2) is 56.5 Å². The van der Waals surface area contributed by atoms with Gasteiger partial charge in [0.2, 0.25) is 11.8 Å². The minimum absolute atomic E-state index is 0.118. The van der Waals surface area contributed by atoms with Crippen molar-refractivity contribution in [2.75, 3.05) is 35.4 Å². The van der Waals surface area contributed by atoms with E-state index in [9.17, 15) is 9.59 Å². The second kappa shape index (κ2) is 14.9. The number of aryl methyl sites for hydroxylation is 2. The molecule has 10 nitrogen and oxygen atoms in total. The standard InChI is InChI=1S/C36H36N6O4S2/c1-5-45-25-9-13-29-31(17-25)41-35(39-29)47-19-33(43)37-23-7-11-27(21(3)15-23)28-12-8-24(16-22(28)4)38-34(44)20-48-36-40-30-14-10-26(46-6-2)18-32(30)42-36/h7-18H,5-6,19-20H2,1-4H3,(H,37,43)(H,38,44)(H,39,41)(H,40,42). The summed E-state index contributed by atoms with van der Waals surface area (Å²) in [6.07, 6.45) is 0. The fourth-order valence-electron chi connectivity index (χ4n) is 5.33. The van der Waals surface area contributed by atoms with E-state index in [1.807, 2.05) is 100 Å². The molecule has 48 heavy (non-hydrogen) atoms. The number of anilines is 2. The number of nitrogens with one attached hydrogen (secondary N) is 4. The molecule has 4 aromatic carbocycles. The van der Waals surface area contributed by atoms with Crippen molar-refractivity contribution >= 4 is 68.8 Å². The SMILES string of the molecule is CCOc1ccc2nc(SCC(=O)Nc3ccc(-c4ccc(NC(=O)CSc5nc6ccc(OCC)cc6[nH]5)cc4C)c(C)c3)[nH]c2c1. The van der Waals surface area contributed by atoms with Crippen molar-refractivity contribution in [2.45, 2.75) is 38.0 Å². The van der Waals surface area contributed by atoms with Crippen LogP contribution in [0.15, 0.2) is 83.1 Å². The Morgan fingerprint density at radius 3 is 1.48 bits per heavy atom. The molecule has 0 atom stereocenters. The van der Waals surface area contributed by atoms with Crippen molar-refractivity contribution < 1.29 is 19.1 Å². The molecule has 246 valence electrons. The zero-order valence-corrected chi connectivity index (χ0v) is 28.7. The minimum Gasteiger partial charge on any atom is -0.494 e. The van der Waals surface area contributed by atoms with Crippen molar-refractivity contribution in [3.63, 3.8) is 0 Å². The van der Waals surface area contributed by atoms with Crippen molar-refractivity contribution in [1.29, 1.82) is 0 Å². The Labute approximate surface area is 286 Å². The summed E-state index contributed by atoms with van der Waals surface area (Å²) in [5, 5.41) is 7.34. The number of imidazole rings is 2. The van der Waals surface area contributed by atoms with Crippen molar-refractivity contribution in [3.05, 3.63) is 83.9 Å². The predicted molar refractivity (Wildman–Crippen MR) is 195 cm³/mol. The Hall–Kier alpha value is -4.94. The number of aromatic nitrogens is 4. The van der Waals surface area contributed by atoms with Gasteiger partial charge in [-0.25, -0.2) is 9.97 Å². The van der Waals surface area contributed by atoms with Gasteiger partial charge in [-0.05, 0) is 98.5 Å². The first-order valence-corrected chi connectivity index (χ1v) is 17.6. The lowest BCUT2D eigenvalue weighted by Gasteiger charge is -2.14. The molecule has 0 aliphatic carbocycles. The molecular formula is C36H36N6O4S2. The van der Waals surface area contributed by atoms with E-state index in [1.54, 1.807) is 0 Å². The highest BCUT2D eigenvalue weighted by molar-refractivity contribution is 8.00. The van der Waals surface area contributed by atoms with Crippen LogP contribution in [0.3, 0.4) is 0 Å². The Morgan fingerprint density at radius 1 is 0.646 bits per heavy atom. The van der Waals surface area contributed by atoms with E-state index in [0.717, 1.165) is 67.2 Å². The topological polar surface area (TPSA) is 134 Å². The number of thioether (sulfide) groups is 2. The quantitative estimate of drug-likeness (QED) is 0.0903. The van der Waals surface area contributed by atoms with Gasteiger partial charge in [0.25, 0.3) is 0 Å². The number of H-pyrrole nitrogens is 2. The summed E-state index contributed by atoms with van der Waals surface area (Å²) in [5.74, 6) is 1.76. The number of rotatable bonds is 13. The van der Waals surface area contributed by atoms with E-state index in [2.05, 4.69) is 30.6 Å². The zero-order chi connectivity index (χ0) is 33.6. The third kappa shape index (κ3) is 7.95. The average Bonchev–Trinajstić information content (AvgIpc) is 3.67. The molecule has 6 rings (SSSR count). The lowest BCUT2D eigenvalue weighted by atomic mass is 9.96. The van der Waals surface area contributed by atoms with Gasteiger partial charge >= 0.3 is 0 Å². The monoisotopic (exact) mass is 680 g/mol. The molecule has 0 fully saturated rings. The lowest BCUT2D eigenvalue weighted by Crippen LogP contribution is -2.14. The largest absolute Gasteiger partial charge is 0.494 e. The first kappa shape index (κ1) is 33.0. The van der Waals surface area contributed by atoms with E-state index < -0.39 is 0 Å². The molecule has 4 N–H and O–H groups in total. The molecule has 6 aromatic rings. The highest BCUT2D eigenvalue weighted by atomic mass is 32.2. The molecule has 0 spiro atoms. The highest BCUT2D eigenvalue weighted by Gasteiger charge is 2.13. The van der Waals surface area contributed by atoms with Crippen LogP contribution in [0.4, 0.5) is 11.4 Å². The Morgan fingerprint density at radius 2 is 1.08 bits per heavy atom. The van der Waals surface area contributed by atoms with Gasteiger partial charge in [0.05, 0.1) is 46.8 Å². The number of hydrogen-bond acceptors (Lipinski definition) is 8. The van der Waals surface area contributed by atoms with E-state index in [-0.39, 0.29) is 23.3 Å². The van der Waals surface area contributed by atoms with E-state index in [4.69, 9.17) is 9.47 Å². The third-order valence-corrected chi connectivity index (χ3v) is 9.22. The van der Waals surface area contributed by atoms with Crippen LogP contribution in [-0.2, 0) is 9.59 Å². The number of carbonyl (C=O) groups is 2. The lowest BCUT2D eigenvalue weighted by molar-refractivity contribution is -0.114. The number of amides is 2. The molecule has 0 saturated carbocycles. The Kier molecular flexibility index (Phi) is 10.2. The molecule has 0 aliphatic heterocycles. The van der Waals surface area contributed by atoms with E-state index >= 15 is 0 Å². The first-order valence-electron chi connectivity index (χ1n) is 15.6. The second-order valence-electron chi connectivity index (χ2n) is 11.0. The van der Waals surface area contributed by atoms with Gasteiger partial charge in [-0.2, -0.15) is 0 Å². The molecule has 0 bridgehead atoms. The smallest absolute Gasteiger partial charge is 0.234 e. The first-order chi connectivity index (χ1) is 23.3. The summed E-state index contributed by atoms with van der Waals surface area (Å²) < 4.78 is 11.1. The molecule has 12 heteroatoms. The van der Waals surface area contributed by atoms with Gasteiger partial charge in [-0.1, -0.05) is 35.7 Å². The van der Waals surface area contributed by atoms with Crippen LogP contribution in [0.1, 0.15) is 25.0 Å². The second-order valence-corrected chi connectivity index (χ2v) is 13.0. The van der Waals surface area contributed by atoms with Gasteiger partial charge in [0, 0.05) is 23.5 Å². The fraction of sp³-hybridized carbons (Fsp3) is 0.222. The third-order valence-electron chi connectivity index (χ3n) is 7.48. The Bertz CT molecular complexity index is 1960. The number of hydrogen-bond donors (Lipinski definition) is 4. The van der Waals surface area contributed by atoms with Gasteiger partial charge in [-0.15, -0.1) is 0 Å². The number of fused-ring (bicyclic) bond motifs is 2. The van der Waals surface area contributed by atoms with Crippen LogP contribution in [0.2, 0.25) is 0 Å². The zero-order valence-electron chi connectivity index (χ0n) is 27.1. The maximum absolute atomic E-state index is 12.7. The number of benzene rings is 4. The molecule has 0 aliphatic rings. The predicted octanol–water partition coefficient (Wildman–Crippen LogP) is 7.98. The van der Waals surface area contributed by atoms with E-state index in [0.29, 0.717) is 23.5 Å². The van der Waals surface area contributed by atoms with Crippen molar-refractivity contribution in [1.82, 2.24) is 19.9 Å². The molecule has 2 heterocycles. The molecule has 0 saturated heterocycles. The number of aromatic amines is 2. The van der Waals surface area contributed by atoms with Crippen molar-refractivity contribution in [2.24, 2.45) is 0 Å². The maximum atomic E-state index is 12.7. The van der Waals surface area contributed by atoms with Crippen molar-refractivity contribution in [3.8, 4) is 22.6 Å². The number of nitrogens with zero attached hydrogens (tertiary/aromatic N) is 2. The molecular weight excluding hydrogens is 645 g/mol. The Balaban J connectivity index is 1.02. The normalized spacial score (nSPS) is 11.2. The summed E-state index contributed by atoms with van der Waals surface area (Å²) in [4.78, 5) is 41.1. The molecule has 0 radical (unpaired) electrons. The van der Waals surface area contributed by atoms with Crippen LogP contribution in [0, 0.1) is 13.8 Å². The van der Waals surface area contributed by atoms with Crippen LogP contribution >= 0.6 is 23.5 Å².